The van der Waals surface area contributed by atoms with Gasteiger partial charge < -0.3 is 22.8 Å². The minimum atomic E-state index is -3.01. The van der Waals surface area contributed by atoms with Gasteiger partial charge in [0.2, 0.25) is 5.95 Å². The quantitative estimate of drug-likeness (QED) is 0.259. The monoisotopic (exact) mass is 685 g/mol. The number of fused-ring (bicyclic) bond motifs is 2. The van der Waals surface area contributed by atoms with Gasteiger partial charge in [0.15, 0.2) is 17.4 Å². The van der Waals surface area contributed by atoms with E-state index in [0.717, 1.165) is 5.56 Å². The number of ether oxygens (including phenoxy) is 1. The van der Waals surface area contributed by atoms with Crippen molar-refractivity contribution in [2.24, 2.45) is 0 Å². The number of rotatable bonds is 7. The van der Waals surface area contributed by atoms with E-state index in [1.54, 1.807) is 12.1 Å². The van der Waals surface area contributed by atoms with E-state index in [9.17, 15) is 14.7 Å². The summed E-state index contributed by atoms with van der Waals surface area (Å²) in [5, 5.41) is 14.5. The van der Waals surface area contributed by atoms with E-state index in [-0.39, 0.29) is 51.3 Å². The molecule has 1 amide bonds. The summed E-state index contributed by atoms with van der Waals surface area (Å²) in [4.78, 5) is 37.6. The summed E-state index contributed by atoms with van der Waals surface area (Å²) in [5.74, 6) is -0.469. The second-order valence-electron chi connectivity index (χ2n) is 15.1. The van der Waals surface area contributed by atoms with Crippen LogP contribution >= 0.6 is 0 Å². The van der Waals surface area contributed by atoms with Crippen molar-refractivity contribution in [1.82, 2.24) is 19.5 Å². The van der Waals surface area contributed by atoms with Gasteiger partial charge in [-0.1, -0.05) is 88.3 Å². The van der Waals surface area contributed by atoms with Gasteiger partial charge in [-0.3, -0.25) is 24.5 Å². The maximum atomic E-state index is 13.1. The van der Waals surface area contributed by atoms with Gasteiger partial charge in [-0.05, 0) is 45.3 Å². The first-order chi connectivity index (χ1) is 21.9. The predicted octanol–water partition coefficient (Wildman–Crippen LogP) is 5.88. The summed E-state index contributed by atoms with van der Waals surface area (Å²) >= 11 is 0. The zero-order valence-corrected chi connectivity index (χ0v) is 31.5. The number of aromatic nitrogens is 4. The smallest absolute Gasteiger partial charge is 0.335 e. The van der Waals surface area contributed by atoms with Gasteiger partial charge in [0.1, 0.15) is 18.3 Å². The molecule has 2 saturated heterocycles. The number of H-pyrrole nitrogens is 1. The van der Waals surface area contributed by atoms with Crippen molar-refractivity contribution in [2.45, 2.75) is 128 Å². The van der Waals surface area contributed by atoms with Crippen LogP contribution in [0.3, 0.4) is 0 Å². The summed E-state index contributed by atoms with van der Waals surface area (Å²) in [7, 11) is -5.81. The van der Waals surface area contributed by atoms with Gasteiger partial charge in [-0.2, -0.15) is 4.98 Å². The van der Waals surface area contributed by atoms with Crippen molar-refractivity contribution in [3.05, 3.63) is 52.1 Å². The SMILES string of the molecule is CC(C)[Si]1(C(C)C)OC[C@H]2O[C@@H](n3cnc4c(=O)[nH]c(NC(=O)c5ccc(C(C)(C)C)cc5)nc43)[C@H](O)[C@@H]2O[Si](C(C)C)(C(C)C)O1. The molecule has 4 heterocycles. The summed E-state index contributed by atoms with van der Waals surface area (Å²) in [6, 6.07) is 7.31. The number of hydrogen-bond donors (Lipinski definition) is 3. The van der Waals surface area contributed by atoms with E-state index in [0.29, 0.717) is 5.56 Å². The number of carbonyl (C=O) groups excluding carboxylic acids is 1. The number of hydrogen-bond acceptors (Lipinski definition) is 9. The van der Waals surface area contributed by atoms with Crippen LogP contribution < -0.4 is 10.9 Å². The maximum absolute atomic E-state index is 13.1. The number of aliphatic hydroxyl groups excluding tert-OH is 1. The third kappa shape index (κ3) is 6.41. The molecular formula is C33H51N5O7Si2. The molecule has 14 heteroatoms. The second-order valence-corrected chi connectivity index (χ2v) is 24.0. The van der Waals surface area contributed by atoms with Gasteiger partial charge in [0.25, 0.3) is 11.5 Å². The first kappa shape index (κ1) is 35.6. The Hall–Kier alpha value is -2.73. The number of imidazole rings is 1. The lowest BCUT2D eigenvalue weighted by molar-refractivity contribution is -0.0570. The van der Waals surface area contributed by atoms with Gasteiger partial charge >= 0.3 is 17.1 Å². The molecule has 3 aromatic rings. The molecule has 3 N–H and O–H groups in total. The normalized spacial score (nSPS) is 24.6. The Morgan fingerprint density at radius 1 is 1.00 bits per heavy atom. The third-order valence-electron chi connectivity index (χ3n) is 9.59. The summed E-state index contributed by atoms with van der Waals surface area (Å²) in [5.41, 5.74) is 1.61. The first-order valence-corrected chi connectivity index (χ1v) is 20.6. The molecule has 2 fully saturated rings. The highest BCUT2D eigenvalue weighted by Gasteiger charge is 2.61. The van der Waals surface area contributed by atoms with Crippen molar-refractivity contribution >= 4 is 40.1 Å². The Morgan fingerprint density at radius 3 is 2.15 bits per heavy atom. The molecule has 1 aromatic carbocycles. The topological polar surface area (TPSA) is 150 Å². The minimum absolute atomic E-state index is 0.0451. The molecule has 2 aliphatic rings. The zero-order valence-electron chi connectivity index (χ0n) is 29.5. The molecule has 2 aliphatic heterocycles. The molecule has 258 valence electrons. The van der Waals surface area contributed by atoms with E-state index in [4.69, 9.17) is 17.7 Å². The number of carbonyl (C=O) groups is 1. The first-order valence-electron chi connectivity index (χ1n) is 16.7. The lowest BCUT2D eigenvalue weighted by Gasteiger charge is -2.51. The van der Waals surface area contributed by atoms with Crippen LogP contribution in [0.4, 0.5) is 5.95 Å². The molecule has 4 atom stereocenters. The summed E-state index contributed by atoms with van der Waals surface area (Å²) in [6.07, 6.45) is -2.02. The summed E-state index contributed by atoms with van der Waals surface area (Å²) in [6.45, 7) is 23.6. The van der Waals surface area contributed by atoms with Crippen molar-refractivity contribution in [1.29, 1.82) is 0 Å². The van der Waals surface area contributed by atoms with Crippen LogP contribution in [-0.2, 0) is 23.1 Å². The highest BCUT2D eigenvalue weighted by molar-refractivity contribution is 6.84. The maximum Gasteiger partial charge on any atom is 0.335 e. The van der Waals surface area contributed by atoms with Crippen LogP contribution in [0.15, 0.2) is 35.4 Å². The molecule has 47 heavy (non-hydrogen) atoms. The molecule has 0 bridgehead atoms. The fourth-order valence-electron chi connectivity index (χ4n) is 6.84. The van der Waals surface area contributed by atoms with E-state index in [2.05, 4.69) is 96.4 Å². The molecule has 0 radical (unpaired) electrons. The molecule has 0 aliphatic carbocycles. The standard InChI is InChI=1S/C33H51N5O7Si2/c1-18(2)46(19(3)4)42-16-24-27(44-47(45-46,20(5)6)21(7)8)26(39)31(43-24)38-17-34-25-28(38)35-32(37-30(25)41)36-29(40)22-12-14-23(15-13-22)33(9,10)11/h12-15,17-21,24,26-27,31,39H,16H2,1-11H3,(H2,35,36,37,40,41)/t24-,26-,27-,31-/m1/s1. The number of nitrogens with zero attached hydrogens (tertiary/aromatic N) is 3. The Kier molecular flexibility index (Phi) is 9.80. The zero-order chi connectivity index (χ0) is 34.6. The highest BCUT2D eigenvalue weighted by atomic mass is 28.5. The van der Waals surface area contributed by atoms with Gasteiger partial charge in [-0.15, -0.1) is 0 Å². The Labute approximate surface area is 279 Å². The highest BCUT2D eigenvalue weighted by Crippen LogP contribution is 2.48. The Balaban J connectivity index is 1.48. The fourth-order valence-corrected chi connectivity index (χ4v) is 18.1. The predicted molar refractivity (Wildman–Crippen MR) is 185 cm³/mol. The van der Waals surface area contributed by atoms with E-state index in [1.165, 1.54) is 10.9 Å². The minimum Gasteiger partial charge on any atom is -0.414 e. The molecule has 0 saturated carbocycles. The van der Waals surface area contributed by atoms with Gasteiger partial charge in [0.05, 0.1) is 12.9 Å². The average molecular weight is 686 g/mol. The van der Waals surface area contributed by atoms with Crippen molar-refractivity contribution < 1.29 is 27.6 Å². The largest absolute Gasteiger partial charge is 0.414 e. The van der Waals surface area contributed by atoms with Gasteiger partial charge in [0, 0.05) is 5.56 Å². The molecule has 0 spiro atoms. The lowest BCUT2D eigenvalue weighted by Crippen LogP contribution is -2.65. The molecule has 2 aromatic heterocycles. The molecular weight excluding hydrogens is 635 g/mol. The third-order valence-corrected chi connectivity index (χ3v) is 19.8. The van der Waals surface area contributed by atoms with Crippen LogP contribution in [-0.4, -0.2) is 72.6 Å². The number of aromatic amines is 1. The van der Waals surface area contributed by atoms with Crippen LogP contribution in [0.5, 0.6) is 0 Å². The second kappa shape index (κ2) is 13.0. The number of anilines is 1. The fraction of sp³-hybridized carbons (Fsp3) is 0.636. The van der Waals surface area contributed by atoms with Crippen LogP contribution in [0.1, 0.15) is 98.3 Å². The Bertz CT molecular complexity index is 1630. The van der Waals surface area contributed by atoms with Crippen molar-refractivity contribution in [3.8, 4) is 0 Å². The molecule has 5 rings (SSSR count). The lowest BCUT2D eigenvalue weighted by atomic mass is 9.87. The van der Waals surface area contributed by atoms with Crippen LogP contribution in [0.2, 0.25) is 22.2 Å². The number of benzene rings is 1. The van der Waals surface area contributed by atoms with Gasteiger partial charge in [-0.25, -0.2) is 4.98 Å². The van der Waals surface area contributed by atoms with Crippen LogP contribution in [0.25, 0.3) is 11.2 Å². The van der Waals surface area contributed by atoms with E-state index in [1.807, 2.05) is 12.1 Å². The average Bonchev–Trinajstić information content (AvgIpc) is 3.52. The van der Waals surface area contributed by atoms with Crippen molar-refractivity contribution in [2.75, 3.05) is 11.9 Å². The molecule has 0 unspecified atom stereocenters. The van der Waals surface area contributed by atoms with Crippen molar-refractivity contribution in [3.63, 3.8) is 0 Å². The molecule has 12 nitrogen and oxygen atoms in total. The summed E-state index contributed by atoms with van der Waals surface area (Å²) < 4.78 is 29.1. The van der Waals surface area contributed by atoms with E-state index >= 15 is 0 Å². The van der Waals surface area contributed by atoms with Crippen LogP contribution in [0, 0.1) is 0 Å². The number of nitrogens with one attached hydrogen (secondary N) is 2. The number of aliphatic hydroxyl groups is 1. The number of amides is 1. The van der Waals surface area contributed by atoms with E-state index < -0.39 is 53.1 Å². The Morgan fingerprint density at radius 2 is 1.60 bits per heavy atom.